The van der Waals surface area contributed by atoms with Gasteiger partial charge in [0.2, 0.25) is 0 Å². The first kappa shape index (κ1) is 7.22. The van der Waals surface area contributed by atoms with Crippen molar-refractivity contribution < 1.29 is 5.11 Å². The predicted octanol–water partition coefficient (Wildman–Crippen LogP) is 1.94. The number of benzene rings is 1. The largest absolute Gasteiger partial charge is 0.506 e. The van der Waals surface area contributed by atoms with Crippen LogP contribution < -0.4 is 5.73 Å². The first-order valence-electron chi connectivity index (χ1n) is 2.86. The lowest BCUT2D eigenvalue weighted by Crippen LogP contribution is -1.88. The summed E-state index contributed by atoms with van der Waals surface area (Å²) in [5.41, 5.74) is 6.66. The minimum Gasteiger partial charge on any atom is -0.506 e. The maximum absolute atomic E-state index is 9.18. The van der Waals surface area contributed by atoms with Gasteiger partial charge in [-0.25, -0.2) is 0 Å². The van der Waals surface area contributed by atoms with Gasteiger partial charge in [-0.05, 0) is 19.1 Å². The van der Waals surface area contributed by atoms with Crippen molar-refractivity contribution in [2.75, 3.05) is 5.73 Å². The second-order valence-corrected chi connectivity index (χ2v) is 2.52. The molecule has 0 atom stereocenters. The number of hydrogen-bond donors (Lipinski definition) is 2. The third kappa shape index (κ3) is 1.02. The normalized spacial score (nSPS) is 9.80. The smallest absolute Gasteiger partial charge is 0.139 e. The molecule has 0 saturated heterocycles. The summed E-state index contributed by atoms with van der Waals surface area (Å²) in [5, 5.41) is 9.51. The van der Waals surface area contributed by atoms with E-state index in [0.717, 1.165) is 0 Å². The third-order valence-electron chi connectivity index (χ3n) is 1.42. The molecule has 1 rings (SSSR count). The number of halogens is 1. The third-order valence-corrected chi connectivity index (χ3v) is 1.73. The molecule has 0 bridgehead atoms. The van der Waals surface area contributed by atoms with E-state index in [0.29, 0.717) is 16.3 Å². The van der Waals surface area contributed by atoms with Crippen LogP contribution in [0, 0.1) is 6.92 Å². The average Bonchev–Trinajstić information content (AvgIpc) is 1.93. The predicted molar refractivity (Wildman–Crippen MR) is 42.3 cm³/mol. The topological polar surface area (TPSA) is 46.2 Å². The van der Waals surface area contributed by atoms with Crippen LogP contribution in [-0.4, -0.2) is 5.11 Å². The fourth-order valence-corrected chi connectivity index (χ4v) is 0.887. The second kappa shape index (κ2) is 2.39. The molecule has 0 radical (unpaired) electrons. The number of aromatic hydroxyl groups is 1. The van der Waals surface area contributed by atoms with Crippen LogP contribution in [0.2, 0.25) is 5.02 Å². The van der Waals surface area contributed by atoms with Gasteiger partial charge in [0, 0.05) is 11.3 Å². The van der Waals surface area contributed by atoms with Gasteiger partial charge in [-0.2, -0.15) is 0 Å². The van der Waals surface area contributed by atoms with Crippen molar-refractivity contribution in [2.45, 2.75) is 6.92 Å². The molecular formula is C7H8ClNO. The highest BCUT2D eigenvalue weighted by atomic mass is 35.5. The van der Waals surface area contributed by atoms with E-state index in [1.165, 1.54) is 0 Å². The minimum atomic E-state index is 0.0710. The van der Waals surface area contributed by atoms with Crippen molar-refractivity contribution in [3.05, 3.63) is 22.7 Å². The Morgan fingerprint density at radius 1 is 1.50 bits per heavy atom. The second-order valence-electron chi connectivity index (χ2n) is 2.11. The van der Waals surface area contributed by atoms with Crippen LogP contribution in [0.1, 0.15) is 5.56 Å². The lowest BCUT2D eigenvalue weighted by atomic mass is 10.2. The van der Waals surface area contributed by atoms with Gasteiger partial charge in [0.05, 0.1) is 5.02 Å². The van der Waals surface area contributed by atoms with Gasteiger partial charge in [-0.3, -0.25) is 0 Å². The molecule has 0 aliphatic heterocycles. The summed E-state index contributed by atoms with van der Waals surface area (Å²) in [7, 11) is 0. The van der Waals surface area contributed by atoms with Crippen LogP contribution in [0.4, 0.5) is 5.69 Å². The Morgan fingerprint density at radius 3 is 2.60 bits per heavy atom. The van der Waals surface area contributed by atoms with Crippen LogP contribution in [0.5, 0.6) is 5.75 Å². The van der Waals surface area contributed by atoms with Crippen LogP contribution in [0.15, 0.2) is 12.1 Å². The fraction of sp³-hybridized carbons (Fsp3) is 0.143. The number of nitrogen functional groups attached to an aromatic ring is 1. The molecule has 0 spiro atoms. The molecular weight excluding hydrogens is 150 g/mol. The summed E-state index contributed by atoms with van der Waals surface area (Å²) in [5.74, 6) is 0.0710. The van der Waals surface area contributed by atoms with E-state index in [4.69, 9.17) is 17.3 Å². The SMILES string of the molecule is Cc1c(N)ccc(Cl)c1O. The highest BCUT2D eigenvalue weighted by Gasteiger charge is 2.03. The molecule has 0 unspecified atom stereocenters. The molecule has 0 aromatic heterocycles. The highest BCUT2D eigenvalue weighted by molar-refractivity contribution is 6.32. The lowest BCUT2D eigenvalue weighted by molar-refractivity contribution is 0.472. The monoisotopic (exact) mass is 157 g/mol. The molecule has 0 aliphatic rings. The van der Waals surface area contributed by atoms with E-state index in [9.17, 15) is 5.11 Å². The van der Waals surface area contributed by atoms with E-state index in [2.05, 4.69) is 0 Å². The van der Waals surface area contributed by atoms with Crippen molar-refractivity contribution in [1.29, 1.82) is 0 Å². The van der Waals surface area contributed by atoms with E-state index in [-0.39, 0.29) is 5.75 Å². The Kier molecular flexibility index (Phi) is 1.72. The number of anilines is 1. The Bertz CT molecular complexity index is 233. The zero-order valence-corrected chi connectivity index (χ0v) is 6.31. The standard InChI is InChI=1S/C7H8ClNO/c1-4-6(9)3-2-5(8)7(4)10/h2-3,10H,9H2,1H3. The van der Waals surface area contributed by atoms with Gasteiger partial charge in [0.25, 0.3) is 0 Å². The number of phenols is 1. The van der Waals surface area contributed by atoms with Gasteiger partial charge < -0.3 is 10.8 Å². The summed E-state index contributed by atoms with van der Waals surface area (Å²) in [4.78, 5) is 0. The summed E-state index contributed by atoms with van der Waals surface area (Å²) in [6.07, 6.45) is 0. The number of nitrogens with two attached hydrogens (primary N) is 1. The fourth-order valence-electron chi connectivity index (χ4n) is 0.683. The van der Waals surface area contributed by atoms with Crippen LogP contribution >= 0.6 is 11.6 Å². The molecule has 0 aliphatic carbocycles. The Labute approximate surface area is 64.2 Å². The van der Waals surface area contributed by atoms with Gasteiger partial charge >= 0.3 is 0 Å². The summed E-state index contributed by atoms with van der Waals surface area (Å²) in [6, 6.07) is 3.23. The van der Waals surface area contributed by atoms with Gasteiger partial charge in [-0.15, -0.1) is 0 Å². The first-order valence-corrected chi connectivity index (χ1v) is 3.24. The average molecular weight is 158 g/mol. The van der Waals surface area contributed by atoms with E-state index in [1.54, 1.807) is 19.1 Å². The van der Waals surface area contributed by atoms with Crippen molar-refractivity contribution in [1.82, 2.24) is 0 Å². The zero-order valence-electron chi connectivity index (χ0n) is 5.56. The molecule has 54 valence electrons. The number of hydrogen-bond acceptors (Lipinski definition) is 2. The summed E-state index contributed by atoms with van der Waals surface area (Å²) < 4.78 is 0. The quantitative estimate of drug-likeness (QED) is 0.566. The summed E-state index contributed by atoms with van der Waals surface area (Å²) >= 11 is 5.58. The molecule has 10 heavy (non-hydrogen) atoms. The van der Waals surface area contributed by atoms with Crippen LogP contribution in [0.25, 0.3) is 0 Å². The van der Waals surface area contributed by atoms with Crippen molar-refractivity contribution in [3.8, 4) is 5.75 Å². The minimum absolute atomic E-state index is 0.0710. The van der Waals surface area contributed by atoms with Gasteiger partial charge in [0.1, 0.15) is 5.75 Å². The number of phenolic OH excluding ortho intramolecular Hbond substituents is 1. The maximum Gasteiger partial charge on any atom is 0.139 e. The molecule has 0 saturated carbocycles. The molecule has 2 nitrogen and oxygen atoms in total. The maximum atomic E-state index is 9.18. The highest BCUT2D eigenvalue weighted by Crippen LogP contribution is 2.30. The number of rotatable bonds is 0. The van der Waals surface area contributed by atoms with Crippen LogP contribution in [-0.2, 0) is 0 Å². The molecule has 1 aromatic carbocycles. The summed E-state index contributed by atoms with van der Waals surface area (Å²) in [6.45, 7) is 1.72. The first-order chi connectivity index (χ1) is 4.63. The Morgan fingerprint density at radius 2 is 2.10 bits per heavy atom. The molecule has 0 fully saturated rings. The van der Waals surface area contributed by atoms with E-state index < -0.39 is 0 Å². The zero-order chi connectivity index (χ0) is 7.72. The van der Waals surface area contributed by atoms with E-state index >= 15 is 0 Å². The molecule has 3 N–H and O–H groups in total. The molecule has 3 heteroatoms. The molecule has 1 aromatic rings. The molecule has 0 heterocycles. The van der Waals surface area contributed by atoms with Crippen molar-refractivity contribution in [3.63, 3.8) is 0 Å². The van der Waals surface area contributed by atoms with Crippen molar-refractivity contribution >= 4 is 17.3 Å². The molecule has 0 amide bonds. The van der Waals surface area contributed by atoms with E-state index in [1.807, 2.05) is 0 Å². The Balaban J connectivity index is 3.34. The van der Waals surface area contributed by atoms with Crippen molar-refractivity contribution in [2.24, 2.45) is 0 Å². The van der Waals surface area contributed by atoms with Gasteiger partial charge in [0.15, 0.2) is 0 Å². The van der Waals surface area contributed by atoms with Gasteiger partial charge in [-0.1, -0.05) is 11.6 Å². The Hall–Kier alpha value is -0.890. The van der Waals surface area contributed by atoms with Crippen LogP contribution in [0.3, 0.4) is 0 Å². The lowest BCUT2D eigenvalue weighted by Gasteiger charge is -2.02.